The van der Waals surface area contributed by atoms with Crippen molar-refractivity contribution in [2.75, 3.05) is 0 Å². The molecule has 0 unspecified atom stereocenters. The van der Waals surface area contributed by atoms with E-state index in [2.05, 4.69) is 11.8 Å². The second-order valence-corrected chi connectivity index (χ2v) is 3.95. The highest BCUT2D eigenvalue weighted by atomic mass is 35.5. The predicted molar refractivity (Wildman–Crippen MR) is 64.7 cm³/mol. The zero-order chi connectivity index (χ0) is 12.1. The molecule has 0 saturated heterocycles. The van der Waals surface area contributed by atoms with Crippen LogP contribution in [-0.2, 0) is 4.79 Å². The Hall–Kier alpha value is -1.43. The van der Waals surface area contributed by atoms with Crippen LogP contribution in [0.1, 0.15) is 12.5 Å². The Labute approximate surface area is 103 Å². The Kier molecular flexibility index (Phi) is 4.42. The van der Waals surface area contributed by atoms with Crippen LogP contribution in [0, 0.1) is 11.8 Å². The topological polar surface area (TPSA) is 37.3 Å². The van der Waals surface area contributed by atoms with Gasteiger partial charge in [-0.05, 0) is 25.1 Å². The van der Waals surface area contributed by atoms with E-state index in [1.165, 1.54) is 0 Å². The predicted octanol–water partition coefficient (Wildman–Crippen LogP) is 3.38. The van der Waals surface area contributed by atoms with Gasteiger partial charge in [-0.2, -0.15) is 0 Å². The molecule has 2 nitrogen and oxygen atoms in total. The molecule has 0 radical (unpaired) electrons. The summed E-state index contributed by atoms with van der Waals surface area (Å²) in [6, 6.07) is 4.93. The van der Waals surface area contributed by atoms with Crippen LogP contribution < -0.4 is 0 Å². The van der Waals surface area contributed by atoms with E-state index >= 15 is 0 Å². The summed E-state index contributed by atoms with van der Waals surface area (Å²) in [5.74, 6) is 4.46. The van der Waals surface area contributed by atoms with Crippen LogP contribution >= 0.6 is 23.2 Å². The number of allylic oxidation sites excluding steroid dienone is 1. The van der Waals surface area contributed by atoms with E-state index in [0.717, 1.165) is 6.08 Å². The second kappa shape index (κ2) is 5.60. The summed E-state index contributed by atoms with van der Waals surface area (Å²) in [7, 11) is 0. The maximum atomic E-state index is 10.3. The number of carboxylic acids is 1. The summed E-state index contributed by atoms with van der Waals surface area (Å²) >= 11 is 11.6. The van der Waals surface area contributed by atoms with Gasteiger partial charge in [-0.15, -0.1) is 0 Å². The van der Waals surface area contributed by atoms with E-state index in [0.29, 0.717) is 21.2 Å². The van der Waals surface area contributed by atoms with Crippen molar-refractivity contribution in [3.05, 3.63) is 45.5 Å². The number of carboxylic acid groups (broad SMARTS) is 1. The lowest BCUT2D eigenvalue weighted by Gasteiger charge is -1.94. The van der Waals surface area contributed by atoms with Gasteiger partial charge in [0.15, 0.2) is 0 Å². The van der Waals surface area contributed by atoms with E-state index in [4.69, 9.17) is 28.3 Å². The van der Waals surface area contributed by atoms with Crippen molar-refractivity contribution >= 4 is 29.2 Å². The minimum atomic E-state index is -1.02. The normalized spacial score (nSPS) is 10.6. The van der Waals surface area contributed by atoms with Crippen molar-refractivity contribution in [1.29, 1.82) is 0 Å². The lowest BCUT2D eigenvalue weighted by molar-refractivity contribution is -0.131. The number of hydrogen-bond donors (Lipinski definition) is 1. The minimum absolute atomic E-state index is 0.462. The maximum absolute atomic E-state index is 10.3. The van der Waals surface area contributed by atoms with Crippen molar-refractivity contribution in [3.8, 4) is 11.8 Å². The van der Waals surface area contributed by atoms with Crippen LogP contribution in [0.3, 0.4) is 0 Å². The first kappa shape index (κ1) is 12.6. The van der Waals surface area contributed by atoms with Gasteiger partial charge in [-0.25, -0.2) is 4.79 Å². The van der Waals surface area contributed by atoms with Gasteiger partial charge >= 0.3 is 5.97 Å². The Bertz CT molecular complexity index is 487. The molecule has 1 aromatic carbocycles. The molecule has 0 aromatic heterocycles. The van der Waals surface area contributed by atoms with Crippen LogP contribution in [0.4, 0.5) is 0 Å². The van der Waals surface area contributed by atoms with Gasteiger partial charge < -0.3 is 5.11 Å². The van der Waals surface area contributed by atoms with Crippen molar-refractivity contribution < 1.29 is 9.90 Å². The zero-order valence-electron chi connectivity index (χ0n) is 8.42. The highest BCUT2D eigenvalue weighted by Gasteiger charge is 1.95. The molecule has 4 heteroatoms. The lowest BCUT2D eigenvalue weighted by atomic mass is 10.2. The largest absolute Gasteiger partial charge is 0.478 e. The molecule has 0 saturated carbocycles. The van der Waals surface area contributed by atoms with Gasteiger partial charge in [-0.3, -0.25) is 0 Å². The summed E-state index contributed by atoms with van der Waals surface area (Å²) in [5.41, 5.74) is 1.11. The molecule has 0 aliphatic heterocycles. The molecule has 16 heavy (non-hydrogen) atoms. The van der Waals surface area contributed by atoms with Crippen molar-refractivity contribution in [3.63, 3.8) is 0 Å². The summed E-state index contributed by atoms with van der Waals surface area (Å²) in [6.07, 6.45) is 1.04. The van der Waals surface area contributed by atoms with Crippen LogP contribution in [0.15, 0.2) is 29.8 Å². The molecule has 1 rings (SSSR count). The van der Waals surface area contributed by atoms with Gasteiger partial charge in [0, 0.05) is 27.3 Å². The summed E-state index contributed by atoms with van der Waals surface area (Å²) in [5, 5.41) is 9.48. The number of benzene rings is 1. The molecule has 1 N–H and O–H groups in total. The van der Waals surface area contributed by atoms with E-state index in [9.17, 15) is 4.79 Å². The standard InChI is InChI=1S/C12H8Cl2O2/c1-8(4-12(15)16)2-3-9-5-10(13)7-11(14)6-9/h4-7H,1H3,(H,15,16)/b8-4-. The highest BCUT2D eigenvalue weighted by Crippen LogP contribution is 2.18. The van der Waals surface area contributed by atoms with Crippen LogP contribution in [0.5, 0.6) is 0 Å². The molecule has 82 valence electrons. The fourth-order valence-electron chi connectivity index (χ4n) is 1.02. The first-order chi connectivity index (χ1) is 7.47. The van der Waals surface area contributed by atoms with E-state index in [1.54, 1.807) is 25.1 Å². The van der Waals surface area contributed by atoms with Gasteiger partial charge in [-0.1, -0.05) is 35.0 Å². The van der Waals surface area contributed by atoms with E-state index < -0.39 is 5.97 Å². The Morgan fingerprint density at radius 2 is 1.88 bits per heavy atom. The molecule has 0 bridgehead atoms. The first-order valence-corrected chi connectivity index (χ1v) is 5.12. The molecule has 0 atom stereocenters. The quantitative estimate of drug-likeness (QED) is 0.617. The Morgan fingerprint density at radius 1 is 1.31 bits per heavy atom. The molecular weight excluding hydrogens is 247 g/mol. The van der Waals surface area contributed by atoms with Gasteiger partial charge in [0.2, 0.25) is 0 Å². The Balaban J connectivity index is 2.97. The fraction of sp³-hybridized carbons (Fsp3) is 0.0833. The van der Waals surface area contributed by atoms with Crippen LogP contribution in [-0.4, -0.2) is 11.1 Å². The number of halogens is 2. The second-order valence-electron chi connectivity index (χ2n) is 3.07. The monoisotopic (exact) mass is 254 g/mol. The number of carbonyl (C=O) groups is 1. The number of aliphatic carboxylic acids is 1. The van der Waals surface area contributed by atoms with E-state index in [1.807, 2.05) is 0 Å². The van der Waals surface area contributed by atoms with Gasteiger partial charge in [0.1, 0.15) is 0 Å². The van der Waals surface area contributed by atoms with Crippen LogP contribution in [0.2, 0.25) is 10.0 Å². The summed E-state index contributed by atoms with van der Waals surface area (Å²) < 4.78 is 0. The van der Waals surface area contributed by atoms with Gasteiger partial charge in [0.05, 0.1) is 0 Å². The van der Waals surface area contributed by atoms with Crippen molar-refractivity contribution in [2.24, 2.45) is 0 Å². The van der Waals surface area contributed by atoms with E-state index in [-0.39, 0.29) is 0 Å². The number of rotatable bonds is 1. The molecule has 0 heterocycles. The van der Waals surface area contributed by atoms with Gasteiger partial charge in [0.25, 0.3) is 0 Å². The van der Waals surface area contributed by atoms with Crippen molar-refractivity contribution in [2.45, 2.75) is 6.92 Å². The molecule has 0 fully saturated rings. The highest BCUT2D eigenvalue weighted by molar-refractivity contribution is 6.34. The minimum Gasteiger partial charge on any atom is -0.478 e. The Morgan fingerprint density at radius 3 is 2.38 bits per heavy atom. The summed E-state index contributed by atoms with van der Waals surface area (Å²) in [6.45, 7) is 1.62. The smallest absolute Gasteiger partial charge is 0.329 e. The maximum Gasteiger partial charge on any atom is 0.329 e. The third-order valence-electron chi connectivity index (χ3n) is 1.61. The average Bonchev–Trinajstić information content (AvgIpc) is 2.12. The van der Waals surface area contributed by atoms with Crippen molar-refractivity contribution in [1.82, 2.24) is 0 Å². The molecular formula is C12H8Cl2O2. The molecule has 0 aliphatic rings. The molecule has 0 amide bonds. The fourth-order valence-corrected chi connectivity index (χ4v) is 1.54. The molecule has 1 aromatic rings. The molecule has 0 spiro atoms. The zero-order valence-corrected chi connectivity index (χ0v) is 9.93. The summed E-state index contributed by atoms with van der Waals surface area (Å²) in [4.78, 5) is 10.3. The van der Waals surface area contributed by atoms with Crippen LogP contribution in [0.25, 0.3) is 0 Å². The average molecular weight is 255 g/mol. The third kappa shape index (κ3) is 4.39. The first-order valence-electron chi connectivity index (χ1n) is 4.37. The SMILES string of the molecule is C/C(C#Cc1cc(Cl)cc(Cl)c1)=C/C(=O)O. The third-order valence-corrected chi connectivity index (χ3v) is 2.04. The molecule has 0 aliphatic carbocycles. The lowest BCUT2D eigenvalue weighted by Crippen LogP contribution is -1.88. The number of hydrogen-bond acceptors (Lipinski definition) is 1.